The Morgan fingerprint density at radius 2 is 0.893 bits per heavy atom. The third-order valence-electron chi connectivity index (χ3n) is 11.6. The van der Waals surface area contributed by atoms with E-state index in [1.165, 1.54) is 77.5 Å². The molecule has 1 heteroatoms. The predicted octanol–water partition coefficient (Wildman–Crippen LogP) is 15.3. The Labute approximate surface area is 329 Å². The van der Waals surface area contributed by atoms with E-state index in [-0.39, 0.29) is 5.41 Å². The highest BCUT2D eigenvalue weighted by Gasteiger charge is 2.37. The maximum Gasteiger partial charge on any atom is 0.0467 e. The molecule has 0 fully saturated rings. The van der Waals surface area contributed by atoms with E-state index < -0.39 is 0 Å². The fourth-order valence-corrected chi connectivity index (χ4v) is 8.81. The predicted molar refractivity (Wildman–Crippen MR) is 238 cm³/mol. The van der Waals surface area contributed by atoms with Crippen LogP contribution < -0.4 is 4.90 Å². The quantitative estimate of drug-likeness (QED) is 0.159. The molecule has 56 heavy (non-hydrogen) atoms. The zero-order valence-corrected chi connectivity index (χ0v) is 31.7. The zero-order valence-electron chi connectivity index (χ0n) is 31.7. The second-order valence-corrected chi connectivity index (χ2v) is 15.4. The monoisotopic (exact) mass is 715 g/mol. The van der Waals surface area contributed by atoms with E-state index in [1.807, 2.05) is 0 Å². The molecule has 10 rings (SSSR count). The fraction of sp³-hybridized carbons (Fsp3) is 0.0545. The van der Waals surface area contributed by atoms with E-state index in [1.54, 1.807) is 0 Å². The van der Waals surface area contributed by atoms with Gasteiger partial charge in [-0.25, -0.2) is 0 Å². The number of fused-ring (bicyclic) bond motifs is 4. The first kappa shape index (κ1) is 33.6. The van der Waals surface area contributed by atoms with Crippen LogP contribution in [0.1, 0.15) is 25.0 Å². The van der Waals surface area contributed by atoms with Crippen molar-refractivity contribution >= 4 is 27.8 Å². The lowest BCUT2D eigenvalue weighted by Gasteiger charge is -2.28. The van der Waals surface area contributed by atoms with Crippen LogP contribution in [0.4, 0.5) is 17.1 Å². The molecule has 9 aromatic carbocycles. The molecule has 9 aromatic rings. The highest BCUT2D eigenvalue weighted by molar-refractivity contribution is 6.00. The first-order valence-electron chi connectivity index (χ1n) is 19.5. The normalized spacial score (nSPS) is 12.6. The minimum absolute atomic E-state index is 0.177. The molecular weight excluding hydrogens is 675 g/mol. The number of rotatable bonds is 7. The summed E-state index contributed by atoms with van der Waals surface area (Å²) in [6.45, 7) is 4.75. The zero-order chi connectivity index (χ0) is 37.6. The molecule has 266 valence electrons. The van der Waals surface area contributed by atoms with E-state index in [9.17, 15) is 0 Å². The summed E-state index contributed by atoms with van der Waals surface area (Å²) in [5.74, 6) is 0. The Bertz CT molecular complexity index is 2850. The summed E-state index contributed by atoms with van der Waals surface area (Å²) in [6.07, 6.45) is 0. The molecule has 1 nitrogen and oxygen atoms in total. The maximum atomic E-state index is 2.43. The van der Waals surface area contributed by atoms with Crippen LogP contribution in [0.3, 0.4) is 0 Å². The van der Waals surface area contributed by atoms with Crippen LogP contribution >= 0.6 is 0 Å². The Kier molecular flexibility index (Phi) is 8.23. The SMILES string of the molecule is CC1(C)c2cc(N(c3ccccc3)c3cccc(-c4cc(-c5ccccc5)c5ccccc5c4)c3)ccc2-c2c(-c3ccc(-c4ccccc4)cc3)cccc21. The molecule has 0 amide bonds. The molecule has 1 aliphatic carbocycles. The van der Waals surface area contributed by atoms with E-state index in [0.717, 1.165) is 17.1 Å². The Morgan fingerprint density at radius 1 is 0.321 bits per heavy atom. The number of nitrogens with zero attached hydrogens (tertiary/aromatic N) is 1. The molecule has 0 spiro atoms. The summed E-state index contributed by atoms with van der Waals surface area (Å²) < 4.78 is 0. The summed E-state index contributed by atoms with van der Waals surface area (Å²) in [5.41, 5.74) is 18.4. The summed E-state index contributed by atoms with van der Waals surface area (Å²) >= 11 is 0. The van der Waals surface area contributed by atoms with Gasteiger partial charge in [-0.05, 0) is 126 Å². The molecule has 0 heterocycles. The Balaban J connectivity index is 1.08. The first-order chi connectivity index (χ1) is 27.5. The van der Waals surface area contributed by atoms with E-state index in [4.69, 9.17) is 0 Å². The van der Waals surface area contributed by atoms with Gasteiger partial charge in [-0.1, -0.05) is 178 Å². The second-order valence-electron chi connectivity index (χ2n) is 15.4. The molecule has 0 saturated heterocycles. The van der Waals surface area contributed by atoms with Crippen LogP contribution in [-0.2, 0) is 5.41 Å². The maximum absolute atomic E-state index is 2.43. The molecule has 0 unspecified atom stereocenters. The van der Waals surface area contributed by atoms with Crippen molar-refractivity contribution in [3.63, 3.8) is 0 Å². The van der Waals surface area contributed by atoms with Crippen molar-refractivity contribution in [2.24, 2.45) is 0 Å². The molecule has 1 aliphatic rings. The molecule has 0 aliphatic heterocycles. The third-order valence-corrected chi connectivity index (χ3v) is 11.6. The van der Waals surface area contributed by atoms with Crippen LogP contribution in [0, 0.1) is 0 Å². The van der Waals surface area contributed by atoms with Gasteiger partial charge in [0.2, 0.25) is 0 Å². The first-order valence-corrected chi connectivity index (χ1v) is 19.5. The molecule has 0 atom stereocenters. The van der Waals surface area contributed by atoms with Crippen molar-refractivity contribution < 1.29 is 0 Å². The number of hydrogen-bond acceptors (Lipinski definition) is 1. The van der Waals surface area contributed by atoms with Gasteiger partial charge in [0.15, 0.2) is 0 Å². The van der Waals surface area contributed by atoms with Crippen molar-refractivity contribution in [3.8, 4) is 55.6 Å². The minimum Gasteiger partial charge on any atom is -0.310 e. The molecule has 0 saturated carbocycles. The standard InChI is InChI=1S/C55H41N/c1-55(2)52-27-15-26-49(41-30-28-39(29-31-41)38-16-6-3-7-17-38)54(52)50-33-32-47(37-53(50)55)56(45-22-10-5-11-23-45)46-24-14-21-42(35-46)44-34-43-20-12-13-25-48(43)51(36-44)40-18-8-4-9-19-40/h3-37H,1-2H3. The third kappa shape index (κ3) is 5.81. The van der Waals surface area contributed by atoms with Gasteiger partial charge in [0.1, 0.15) is 0 Å². The summed E-state index contributed by atoms with van der Waals surface area (Å²) in [6, 6.07) is 77.5. The van der Waals surface area contributed by atoms with Crippen molar-refractivity contribution in [2.45, 2.75) is 19.3 Å². The topological polar surface area (TPSA) is 3.24 Å². The Hall–Kier alpha value is -6.96. The fourth-order valence-electron chi connectivity index (χ4n) is 8.81. The van der Waals surface area contributed by atoms with Crippen molar-refractivity contribution in [2.75, 3.05) is 4.90 Å². The summed E-state index contributed by atoms with van der Waals surface area (Å²) in [4.78, 5) is 2.41. The minimum atomic E-state index is -0.177. The number of para-hydroxylation sites is 1. The van der Waals surface area contributed by atoms with Crippen molar-refractivity contribution in [1.29, 1.82) is 0 Å². The summed E-state index contributed by atoms with van der Waals surface area (Å²) in [7, 11) is 0. The van der Waals surface area contributed by atoms with Crippen molar-refractivity contribution in [3.05, 3.63) is 223 Å². The molecule has 0 radical (unpaired) electrons. The van der Waals surface area contributed by atoms with Crippen molar-refractivity contribution in [1.82, 2.24) is 0 Å². The Morgan fingerprint density at radius 3 is 1.66 bits per heavy atom. The van der Waals surface area contributed by atoms with E-state index in [2.05, 4.69) is 231 Å². The van der Waals surface area contributed by atoms with Gasteiger partial charge in [0.25, 0.3) is 0 Å². The van der Waals surface area contributed by atoms with Gasteiger partial charge < -0.3 is 4.90 Å². The van der Waals surface area contributed by atoms with Gasteiger partial charge in [-0.15, -0.1) is 0 Å². The van der Waals surface area contributed by atoms with Crippen LogP contribution in [0.25, 0.3) is 66.4 Å². The molecule has 0 aromatic heterocycles. The van der Waals surface area contributed by atoms with Gasteiger partial charge in [-0.3, -0.25) is 0 Å². The van der Waals surface area contributed by atoms with Crippen LogP contribution in [0.5, 0.6) is 0 Å². The van der Waals surface area contributed by atoms with Crippen LogP contribution in [-0.4, -0.2) is 0 Å². The van der Waals surface area contributed by atoms with Gasteiger partial charge in [0, 0.05) is 22.5 Å². The van der Waals surface area contributed by atoms with E-state index in [0.29, 0.717) is 0 Å². The largest absolute Gasteiger partial charge is 0.310 e. The smallest absolute Gasteiger partial charge is 0.0467 e. The number of benzene rings is 9. The molecule has 0 bridgehead atoms. The second kappa shape index (κ2) is 13.7. The lowest BCUT2D eigenvalue weighted by Crippen LogP contribution is -2.16. The van der Waals surface area contributed by atoms with E-state index >= 15 is 0 Å². The van der Waals surface area contributed by atoms with Crippen LogP contribution in [0.2, 0.25) is 0 Å². The van der Waals surface area contributed by atoms with Gasteiger partial charge >= 0.3 is 0 Å². The lowest BCUT2D eigenvalue weighted by atomic mass is 9.81. The number of anilines is 3. The molecular formula is C55H41N. The highest BCUT2D eigenvalue weighted by atomic mass is 15.1. The van der Waals surface area contributed by atoms with Gasteiger partial charge in [0.05, 0.1) is 0 Å². The summed E-state index contributed by atoms with van der Waals surface area (Å²) in [5, 5.41) is 2.50. The van der Waals surface area contributed by atoms with Crippen LogP contribution in [0.15, 0.2) is 212 Å². The highest BCUT2D eigenvalue weighted by Crippen LogP contribution is 2.54. The molecule has 0 N–H and O–H groups in total. The average molecular weight is 716 g/mol. The lowest BCUT2D eigenvalue weighted by molar-refractivity contribution is 0.660. The number of hydrogen-bond donors (Lipinski definition) is 0. The average Bonchev–Trinajstić information content (AvgIpc) is 3.50. The van der Waals surface area contributed by atoms with Gasteiger partial charge in [-0.2, -0.15) is 0 Å².